The molecule has 3 fully saturated rings. The van der Waals surface area contributed by atoms with Gasteiger partial charge in [0.1, 0.15) is 0 Å². The summed E-state index contributed by atoms with van der Waals surface area (Å²) in [6, 6.07) is 1.42. The van der Waals surface area contributed by atoms with Crippen LogP contribution in [-0.2, 0) is 14.8 Å². The van der Waals surface area contributed by atoms with E-state index in [1.807, 2.05) is 4.90 Å². The molecule has 3 aliphatic rings. The van der Waals surface area contributed by atoms with Gasteiger partial charge in [0, 0.05) is 38.1 Å². The molecule has 0 aromatic carbocycles. The average Bonchev–Trinajstić information content (AvgIpc) is 2.78. The van der Waals surface area contributed by atoms with Crippen molar-refractivity contribution in [2.24, 2.45) is 16.2 Å². The van der Waals surface area contributed by atoms with Crippen molar-refractivity contribution >= 4 is 15.9 Å². The summed E-state index contributed by atoms with van der Waals surface area (Å²) < 4.78 is 24.8. The van der Waals surface area contributed by atoms with Gasteiger partial charge in [-0.2, -0.15) is 4.31 Å². The van der Waals surface area contributed by atoms with Gasteiger partial charge in [-0.3, -0.25) is 4.79 Å². The number of sulfonamides is 1. The first kappa shape index (κ1) is 35.4. The van der Waals surface area contributed by atoms with Crippen LogP contribution in [-0.4, -0.2) is 79.5 Å². The van der Waals surface area contributed by atoms with Crippen molar-refractivity contribution in [3.05, 3.63) is 0 Å². The molecule has 226 valence electrons. The molecule has 7 heteroatoms. The van der Waals surface area contributed by atoms with E-state index >= 15 is 0 Å². The molecule has 0 saturated carbocycles. The second-order valence-corrected chi connectivity index (χ2v) is 17.1. The number of nitrogens with zero attached hydrogens (tertiary/aromatic N) is 3. The number of carbonyl (C=O) groups excluding carboxylic acids is 1. The Morgan fingerprint density at radius 1 is 0.632 bits per heavy atom. The summed E-state index contributed by atoms with van der Waals surface area (Å²) in [7, 11) is -0.766. The number of likely N-dealkylation sites (tertiary alicyclic amines) is 2. The first-order chi connectivity index (χ1) is 17.2. The summed E-state index contributed by atoms with van der Waals surface area (Å²) in [4.78, 5) is 15.9. The third-order valence-electron chi connectivity index (χ3n) is 8.56. The molecule has 0 radical (unpaired) electrons. The third kappa shape index (κ3) is 11.4. The van der Waals surface area contributed by atoms with Gasteiger partial charge >= 0.3 is 0 Å². The minimum absolute atomic E-state index is 0.0451. The molecule has 3 saturated heterocycles. The van der Waals surface area contributed by atoms with E-state index in [0.717, 1.165) is 31.8 Å². The molecule has 3 heterocycles. The number of piperidine rings is 3. The van der Waals surface area contributed by atoms with Crippen LogP contribution < -0.4 is 0 Å². The second kappa shape index (κ2) is 14.3. The maximum Gasteiger partial charge on any atom is 0.219 e. The summed E-state index contributed by atoms with van der Waals surface area (Å²) >= 11 is 0. The zero-order valence-electron chi connectivity index (χ0n) is 27.2. The highest BCUT2D eigenvalue weighted by Gasteiger charge is 2.37. The zero-order chi connectivity index (χ0) is 29.5. The molecule has 0 bridgehead atoms. The van der Waals surface area contributed by atoms with Gasteiger partial charge in [0.05, 0.1) is 6.26 Å². The number of carbonyl (C=O) groups is 1. The van der Waals surface area contributed by atoms with Crippen LogP contribution in [0.1, 0.15) is 127 Å². The fourth-order valence-corrected chi connectivity index (χ4v) is 7.89. The fourth-order valence-electron chi connectivity index (χ4n) is 6.55. The lowest BCUT2D eigenvalue weighted by Crippen LogP contribution is -2.49. The molecule has 3 aliphatic heterocycles. The highest BCUT2D eigenvalue weighted by Crippen LogP contribution is 2.34. The molecule has 0 aromatic heterocycles. The monoisotopic (exact) mass is 557 g/mol. The van der Waals surface area contributed by atoms with Crippen molar-refractivity contribution in [2.75, 3.05) is 32.9 Å². The maximum atomic E-state index is 11.6. The Morgan fingerprint density at radius 2 is 1.03 bits per heavy atom. The number of hydrogen-bond donors (Lipinski definition) is 0. The molecule has 6 nitrogen and oxygen atoms in total. The smallest absolute Gasteiger partial charge is 0.219 e. The second-order valence-electron chi connectivity index (χ2n) is 15.2. The zero-order valence-corrected chi connectivity index (χ0v) is 28.0. The Balaban J connectivity index is 0.000000287. The van der Waals surface area contributed by atoms with E-state index in [1.165, 1.54) is 51.3 Å². The summed E-state index contributed by atoms with van der Waals surface area (Å²) in [6.07, 6.45) is 12.3. The van der Waals surface area contributed by atoms with Gasteiger partial charge in [-0.15, -0.1) is 0 Å². The van der Waals surface area contributed by atoms with Crippen molar-refractivity contribution in [2.45, 2.75) is 145 Å². The normalized spacial score (nSPS) is 26.5. The first-order valence-corrected chi connectivity index (χ1v) is 17.0. The highest BCUT2D eigenvalue weighted by atomic mass is 32.2. The lowest BCUT2D eigenvalue weighted by atomic mass is 9.80. The van der Waals surface area contributed by atoms with E-state index in [4.69, 9.17) is 0 Å². The van der Waals surface area contributed by atoms with Crippen molar-refractivity contribution in [3.8, 4) is 0 Å². The Hall–Kier alpha value is -0.660. The Labute approximate surface area is 237 Å². The predicted octanol–water partition coefficient (Wildman–Crippen LogP) is 6.80. The minimum Gasteiger partial charge on any atom is -0.339 e. The van der Waals surface area contributed by atoms with Gasteiger partial charge in [0.25, 0.3) is 0 Å². The van der Waals surface area contributed by atoms with Gasteiger partial charge in [-0.05, 0) is 74.8 Å². The van der Waals surface area contributed by atoms with Crippen LogP contribution in [0.5, 0.6) is 0 Å². The van der Waals surface area contributed by atoms with Crippen LogP contribution in [0.2, 0.25) is 0 Å². The van der Waals surface area contributed by atoms with E-state index in [9.17, 15) is 13.2 Å². The van der Waals surface area contributed by atoms with Crippen LogP contribution >= 0.6 is 0 Å². The SMILES string of the molecule is CC(=O)N1CCCCC1C(C)(C)C.CC(C)(C)C1CCCCN1S(C)(=O)=O.CN1CCCCC1C(C)(C)C. The molecule has 1 amide bonds. The summed E-state index contributed by atoms with van der Waals surface area (Å²) in [6.45, 7) is 24.7. The molecule has 3 rings (SSSR count). The summed E-state index contributed by atoms with van der Waals surface area (Å²) in [5.74, 6) is 0.236. The number of hydrogen-bond acceptors (Lipinski definition) is 4. The fraction of sp³-hybridized carbons (Fsp3) is 0.968. The lowest BCUT2D eigenvalue weighted by molar-refractivity contribution is -0.135. The van der Waals surface area contributed by atoms with Gasteiger partial charge in [-0.1, -0.05) is 75.2 Å². The maximum absolute atomic E-state index is 11.6. The minimum atomic E-state index is -3.02. The van der Waals surface area contributed by atoms with Crippen molar-refractivity contribution in [1.82, 2.24) is 14.1 Å². The van der Waals surface area contributed by atoms with Crippen LogP contribution in [0.25, 0.3) is 0 Å². The van der Waals surface area contributed by atoms with Crippen LogP contribution in [0, 0.1) is 16.2 Å². The van der Waals surface area contributed by atoms with Crippen molar-refractivity contribution < 1.29 is 13.2 Å². The largest absolute Gasteiger partial charge is 0.339 e. The van der Waals surface area contributed by atoms with E-state index in [-0.39, 0.29) is 22.8 Å². The van der Waals surface area contributed by atoms with Gasteiger partial charge < -0.3 is 9.80 Å². The van der Waals surface area contributed by atoms with E-state index in [0.29, 0.717) is 18.0 Å². The molecule has 0 aliphatic carbocycles. The molecular formula is C31H63N3O3S. The van der Waals surface area contributed by atoms with Crippen LogP contribution in [0.4, 0.5) is 0 Å². The van der Waals surface area contributed by atoms with Crippen molar-refractivity contribution in [3.63, 3.8) is 0 Å². The molecule has 0 spiro atoms. The standard InChI is InChI=1S/C11H21NO.C10H21NO2S.C10H21N/c1-9(13)12-8-6-5-7-10(12)11(2,3)4;1-10(2,3)9-7-5-6-8-11(9)14(4,12)13;1-10(2,3)9-7-5-6-8-11(9)4/h10H,5-8H2,1-4H3;9H,5-8H2,1-4H3;9H,5-8H2,1-4H3. The predicted molar refractivity (Wildman–Crippen MR) is 163 cm³/mol. The molecular weight excluding hydrogens is 494 g/mol. The lowest BCUT2D eigenvalue weighted by Gasteiger charge is -2.43. The number of amides is 1. The highest BCUT2D eigenvalue weighted by molar-refractivity contribution is 7.88. The molecule has 0 aromatic rings. The van der Waals surface area contributed by atoms with E-state index in [1.54, 1.807) is 11.2 Å². The average molecular weight is 558 g/mol. The Bertz CT molecular complexity index is 821. The Kier molecular flexibility index (Phi) is 13.3. The molecule has 0 N–H and O–H groups in total. The van der Waals surface area contributed by atoms with Gasteiger partial charge in [0.15, 0.2) is 0 Å². The summed E-state index contributed by atoms with van der Waals surface area (Å²) in [5, 5.41) is 0. The van der Waals surface area contributed by atoms with Gasteiger partial charge in [0.2, 0.25) is 15.9 Å². The van der Waals surface area contributed by atoms with Gasteiger partial charge in [-0.25, -0.2) is 8.42 Å². The first-order valence-electron chi connectivity index (χ1n) is 15.1. The van der Waals surface area contributed by atoms with Crippen LogP contribution in [0.15, 0.2) is 0 Å². The third-order valence-corrected chi connectivity index (χ3v) is 9.85. The van der Waals surface area contributed by atoms with E-state index in [2.05, 4.69) is 74.3 Å². The molecule has 3 atom stereocenters. The quantitative estimate of drug-likeness (QED) is 0.356. The Morgan fingerprint density at radius 3 is 1.34 bits per heavy atom. The molecule has 3 unspecified atom stereocenters. The summed E-state index contributed by atoms with van der Waals surface area (Å²) in [5.41, 5.74) is 0.741. The number of rotatable bonds is 1. The topological polar surface area (TPSA) is 60.9 Å². The van der Waals surface area contributed by atoms with E-state index < -0.39 is 10.0 Å². The molecule has 38 heavy (non-hydrogen) atoms. The van der Waals surface area contributed by atoms with Crippen molar-refractivity contribution in [1.29, 1.82) is 0 Å². The van der Waals surface area contributed by atoms with Crippen LogP contribution in [0.3, 0.4) is 0 Å².